The third-order valence-corrected chi connectivity index (χ3v) is 5.39. The van der Waals surface area contributed by atoms with Crippen molar-refractivity contribution in [3.8, 4) is 0 Å². The third-order valence-electron chi connectivity index (χ3n) is 3.66. The Labute approximate surface area is 131 Å². The summed E-state index contributed by atoms with van der Waals surface area (Å²) in [6, 6.07) is 7.91. The fourth-order valence-corrected chi connectivity index (χ4v) is 3.53. The summed E-state index contributed by atoms with van der Waals surface area (Å²) in [4.78, 5) is 12.5. The quantitative estimate of drug-likeness (QED) is 0.774. The van der Waals surface area contributed by atoms with Gasteiger partial charge in [0.1, 0.15) is 0 Å². The van der Waals surface area contributed by atoms with E-state index < -0.39 is 0 Å². The summed E-state index contributed by atoms with van der Waals surface area (Å²) in [5, 5.41) is 3.07. The van der Waals surface area contributed by atoms with Crippen LogP contribution in [0, 0.1) is 5.92 Å². The Morgan fingerprint density at radius 1 is 1.21 bits per heavy atom. The molecular formula is C15H19Br2NO. The van der Waals surface area contributed by atoms with Crippen molar-refractivity contribution >= 4 is 37.8 Å². The van der Waals surface area contributed by atoms with Gasteiger partial charge in [0, 0.05) is 15.8 Å². The van der Waals surface area contributed by atoms with Gasteiger partial charge in [0.05, 0.1) is 6.42 Å². The van der Waals surface area contributed by atoms with Crippen LogP contribution in [0.1, 0.15) is 31.2 Å². The molecule has 1 N–H and O–H groups in total. The molecule has 0 radical (unpaired) electrons. The maximum atomic E-state index is 11.9. The molecule has 0 heterocycles. The Kier molecular flexibility index (Phi) is 5.89. The van der Waals surface area contributed by atoms with Crippen molar-refractivity contribution in [1.82, 2.24) is 5.32 Å². The summed E-state index contributed by atoms with van der Waals surface area (Å²) in [5.41, 5.74) is 1.06. The minimum atomic E-state index is 0.118. The van der Waals surface area contributed by atoms with Gasteiger partial charge in [0.25, 0.3) is 0 Å². The Hall–Kier alpha value is -0.350. The summed E-state index contributed by atoms with van der Waals surface area (Å²) < 4.78 is 1.04. The maximum Gasteiger partial charge on any atom is 0.224 e. The van der Waals surface area contributed by atoms with Gasteiger partial charge in [0.15, 0.2) is 0 Å². The lowest BCUT2D eigenvalue weighted by Gasteiger charge is -2.27. The largest absolute Gasteiger partial charge is 0.355 e. The molecule has 0 aliphatic heterocycles. The van der Waals surface area contributed by atoms with Crippen molar-refractivity contribution in [3.63, 3.8) is 0 Å². The van der Waals surface area contributed by atoms with Gasteiger partial charge in [-0.2, -0.15) is 0 Å². The summed E-state index contributed by atoms with van der Waals surface area (Å²) in [5.74, 6) is 0.704. The number of carbonyl (C=O) groups is 1. The molecule has 1 aromatic rings. The van der Waals surface area contributed by atoms with Gasteiger partial charge in [0.2, 0.25) is 5.91 Å². The van der Waals surface area contributed by atoms with E-state index in [-0.39, 0.29) is 5.91 Å². The van der Waals surface area contributed by atoms with E-state index in [1.165, 1.54) is 25.7 Å². The van der Waals surface area contributed by atoms with E-state index in [9.17, 15) is 4.79 Å². The lowest BCUT2D eigenvalue weighted by molar-refractivity contribution is -0.120. The summed E-state index contributed by atoms with van der Waals surface area (Å²) in [7, 11) is 0. The number of amides is 1. The highest BCUT2D eigenvalue weighted by Gasteiger charge is 2.22. The van der Waals surface area contributed by atoms with Crippen molar-refractivity contribution < 1.29 is 4.79 Å². The molecule has 1 aromatic carbocycles. The molecule has 2 nitrogen and oxygen atoms in total. The van der Waals surface area contributed by atoms with E-state index in [2.05, 4.69) is 37.2 Å². The highest BCUT2D eigenvalue weighted by molar-refractivity contribution is 9.10. The van der Waals surface area contributed by atoms with Crippen molar-refractivity contribution in [3.05, 3.63) is 34.3 Å². The summed E-state index contributed by atoms with van der Waals surface area (Å²) >= 11 is 7.12. The number of rotatable bonds is 4. The highest BCUT2D eigenvalue weighted by atomic mass is 79.9. The van der Waals surface area contributed by atoms with E-state index >= 15 is 0 Å². The van der Waals surface area contributed by atoms with Crippen molar-refractivity contribution in [2.24, 2.45) is 5.92 Å². The second-order valence-corrected chi connectivity index (χ2v) is 7.26. The molecule has 1 aliphatic rings. The van der Waals surface area contributed by atoms with E-state index in [4.69, 9.17) is 0 Å². The standard InChI is InChI=1S/C15H19Br2NO/c16-13-7-5-11(6-8-13)9-15(19)18-10-12-3-1-2-4-14(12)17/h5-8,12,14H,1-4,9-10H2,(H,18,19). The van der Waals surface area contributed by atoms with Gasteiger partial charge < -0.3 is 5.32 Å². The number of nitrogens with one attached hydrogen (secondary N) is 1. The Balaban J connectivity index is 1.76. The van der Waals surface area contributed by atoms with Crippen molar-refractivity contribution in [2.45, 2.75) is 36.9 Å². The molecule has 0 aromatic heterocycles. The molecule has 1 amide bonds. The first-order valence-corrected chi connectivity index (χ1v) is 8.51. The zero-order valence-corrected chi connectivity index (χ0v) is 14.0. The molecule has 1 fully saturated rings. The normalized spacial score (nSPS) is 23.1. The van der Waals surface area contributed by atoms with Crippen LogP contribution in [0.25, 0.3) is 0 Å². The average Bonchev–Trinajstić information content (AvgIpc) is 2.40. The SMILES string of the molecule is O=C(Cc1ccc(Br)cc1)NCC1CCCCC1Br. The third kappa shape index (κ3) is 4.92. The van der Waals surface area contributed by atoms with Crippen molar-refractivity contribution in [1.29, 1.82) is 0 Å². The first-order chi connectivity index (χ1) is 9.15. The first kappa shape index (κ1) is 15.0. The Morgan fingerprint density at radius 2 is 1.89 bits per heavy atom. The first-order valence-electron chi connectivity index (χ1n) is 6.80. The molecule has 0 spiro atoms. The predicted octanol–water partition coefficient (Wildman–Crippen LogP) is 4.06. The Bertz CT molecular complexity index is 419. The Morgan fingerprint density at radius 3 is 2.58 bits per heavy atom. The molecular weight excluding hydrogens is 370 g/mol. The summed E-state index contributed by atoms with van der Waals surface area (Å²) in [6.07, 6.45) is 5.50. The van der Waals surface area contributed by atoms with E-state index in [0.717, 1.165) is 16.6 Å². The van der Waals surface area contributed by atoms with Crippen molar-refractivity contribution in [2.75, 3.05) is 6.54 Å². The molecule has 1 saturated carbocycles. The van der Waals surface area contributed by atoms with Crippen LogP contribution in [0.4, 0.5) is 0 Å². The van der Waals surface area contributed by atoms with Gasteiger partial charge >= 0.3 is 0 Å². The van der Waals surface area contributed by atoms with Gasteiger partial charge in [-0.25, -0.2) is 0 Å². The van der Waals surface area contributed by atoms with Gasteiger partial charge in [-0.05, 0) is 36.5 Å². The van der Waals surface area contributed by atoms with Crippen LogP contribution in [0.2, 0.25) is 0 Å². The molecule has 4 heteroatoms. The van der Waals surface area contributed by atoms with Crippen LogP contribution in [0.3, 0.4) is 0 Å². The number of halogens is 2. The molecule has 2 rings (SSSR count). The number of carbonyl (C=O) groups excluding carboxylic acids is 1. The fraction of sp³-hybridized carbons (Fsp3) is 0.533. The maximum absolute atomic E-state index is 11.9. The molecule has 2 unspecified atom stereocenters. The molecule has 0 saturated heterocycles. The van der Waals surface area contributed by atoms with Gasteiger partial charge in [-0.15, -0.1) is 0 Å². The fourth-order valence-electron chi connectivity index (χ4n) is 2.49. The average molecular weight is 389 g/mol. The van der Waals surface area contributed by atoms with E-state index in [0.29, 0.717) is 17.2 Å². The van der Waals surface area contributed by atoms with E-state index in [1.807, 2.05) is 24.3 Å². The van der Waals surface area contributed by atoms with Crippen LogP contribution >= 0.6 is 31.9 Å². The molecule has 0 bridgehead atoms. The zero-order chi connectivity index (χ0) is 13.7. The lowest BCUT2D eigenvalue weighted by atomic mass is 9.89. The minimum Gasteiger partial charge on any atom is -0.355 e. The molecule has 1 aliphatic carbocycles. The van der Waals surface area contributed by atoms with Gasteiger partial charge in [-0.3, -0.25) is 4.79 Å². The van der Waals surface area contributed by atoms with Crippen LogP contribution in [-0.2, 0) is 11.2 Å². The number of alkyl halides is 1. The second kappa shape index (κ2) is 7.44. The number of hydrogen-bond donors (Lipinski definition) is 1. The minimum absolute atomic E-state index is 0.118. The molecule has 104 valence electrons. The predicted molar refractivity (Wildman–Crippen MR) is 85.5 cm³/mol. The van der Waals surface area contributed by atoms with Crippen LogP contribution < -0.4 is 5.32 Å². The van der Waals surface area contributed by atoms with Crippen LogP contribution in [-0.4, -0.2) is 17.3 Å². The smallest absolute Gasteiger partial charge is 0.224 e. The van der Waals surface area contributed by atoms with E-state index in [1.54, 1.807) is 0 Å². The lowest BCUT2D eigenvalue weighted by Crippen LogP contribution is -2.35. The monoisotopic (exact) mass is 387 g/mol. The zero-order valence-electron chi connectivity index (χ0n) is 10.9. The van der Waals surface area contributed by atoms with Crippen LogP contribution in [0.15, 0.2) is 28.7 Å². The topological polar surface area (TPSA) is 29.1 Å². The number of benzene rings is 1. The molecule has 2 atom stereocenters. The highest BCUT2D eigenvalue weighted by Crippen LogP contribution is 2.29. The van der Waals surface area contributed by atoms with Gasteiger partial charge in [-0.1, -0.05) is 56.8 Å². The summed E-state index contributed by atoms with van der Waals surface area (Å²) in [6.45, 7) is 0.797. The molecule has 19 heavy (non-hydrogen) atoms. The second-order valence-electron chi connectivity index (χ2n) is 5.17. The van der Waals surface area contributed by atoms with Crippen LogP contribution in [0.5, 0.6) is 0 Å². The number of hydrogen-bond acceptors (Lipinski definition) is 1.